The van der Waals surface area contributed by atoms with Crippen LogP contribution in [0.2, 0.25) is 0 Å². The van der Waals surface area contributed by atoms with Crippen LogP contribution in [0.1, 0.15) is 0 Å². The van der Waals surface area contributed by atoms with Crippen LogP contribution in [-0.2, 0) is 10.7 Å². The fraction of sp³-hybridized carbons (Fsp3) is 0.556. The number of halogens is 1. The van der Waals surface area contributed by atoms with Gasteiger partial charge in [0.15, 0.2) is 6.10 Å². The Bertz CT molecular complexity index is 713. The van der Waals surface area contributed by atoms with E-state index in [1.54, 1.807) is 4.98 Å². The summed E-state index contributed by atoms with van der Waals surface area (Å²) in [5, 5.41) is 31.6. The summed E-state index contributed by atoms with van der Waals surface area (Å²) in [6.07, 6.45) is -3.83. The molecule has 4 atom stereocenters. The van der Waals surface area contributed by atoms with Crippen molar-refractivity contribution in [2.75, 3.05) is 6.61 Å². The van der Waals surface area contributed by atoms with Gasteiger partial charge in [-0.05, 0) is 5.53 Å². The zero-order valence-electron chi connectivity index (χ0n) is 10.2. The minimum absolute atomic E-state index is 0.159. The third-order valence-electron chi connectivity index (χ3n) is 3.04. The molecule has 21 heavy (non-hydrogen) atoms. The van der Waals surface area contributed by atoms with Crippen molar-refractivity contribution in [2.45, 2.75) is 23.9 Å². The van der Waals surface area contributed by atoms with Gasteiger partial charge in [0.05, 0.1) is 6.61 Å². The number of rotatable bonds is 3. The Hall–Kier alpha value is -2.24. The summed E-state index contributed by atoms with van der Waals surface area (Å²) >= 11 is 0. The van der Waals surface area contributed by atoms with Crippen molar-refractivity contribution >= 4 is 0 Å². The number of alkyl halides is 1. The molecule has 1 aliphatic heterocycles. The number of aromatic nitrogens is 2. The molecule has 0 aromatic carbocycles. The van der Waals surface area contributed by atoms with Crippen molar-refractivity contribution in [3.8, 4) is 0 Å². The average Bonchev–Trinajstić information content (AvgIpc) is 2.62. The molecule has 1 aromatic heterocycles. The second kappa shape index (κ2) is 4.95. The van der Waals surface area contributed by atoms with Gasteiger partial charge < -0.3 is 20.1 Å². The molecule has 1 fully saturated rings. The number of hydrogen-bond donors (Lipinski definition) is 4. The summed E-state index contributed by atoms with van der Waals surface area (Å²) in [6, 6.07) is 0.775. The van der Waals surface area contributed by atoms with Crippen LogP contribution in [0.5, 0.6) is 0 Å². The summed E-state index contributed by atoms with van der Waals surface area (Å²) in [6.45, 7) is -1.15. The molecule has 1 aliphatic rings. The number of ether oxygens (including phenoxy) is 1. The van der Waals surface area contributed by atoms with Crippen molar-refractivity contribution in [3.63, 3.8) is 0 Å². The molecular weight excluding hydrogens is 293 g/mol. The first-order chi connectivity index (χ1) is 9.80. The quantitative estimate of drug-likeness (QED) is 0.282. The first kappa shape index (κ1) is 15.2. The second-order valence-electron chi connectivity index (χ2n) is 4.27. The molecule has 0 bridgehead atoms. The molecule has 0 spiro atoms. The molecule has 12 heteroatoms. The molecular formula is C9H10FN5O6. The first-order valence-electron chi connectivity index (χ1n) is 5.55. The maximum absolute atomic E-state index is 14.8. The van der Waals surface area contributed by atoms with Crippen molar-refractivity contribution in [2.24, 2.45) is 5.11 Å². The van der Waals surface area contributed by atoms with Crippen molar-refractivity contribution in [1.82, 2.24) is 9.55 Å². The van der Waals surface area contributed by atoms with Crippen LogP contribution in [0.4, 0.5) is 4.39 Å². The Morgan fingerprint density at radius 1 is 1.52 bits per heavy atom. The molecule has 2 heterocycles. The van der Waals surface area contributed by atoms with Gasteiger partial charge in [0.25, 0.3) is 5.56 Å². The normalized spacial score (nSPS) is 35.4. The van der Waals surface area contributed by atoms with E-state index in [-0.39, 0.29) is 4.57 Å². The van der Waals surface area contributed by atoms with E-state index in [1.807, 2.05) is 0 Å². The predicted octanol–water partition coefficient (Wildman–Crippen LogP) is -2.13. The summed E-state index contributed by atoms with van der Waals surface area (Å²) in [5.41, 5.74) is 3.78. The lowest BCUT2D eigenvalue weighted by atomic mass is 10.1. The molecule has 114 valence electrons. The average molecular weight is 303 g/mol. The SMILES string of the molecule is [N-]=[N+]=N[C@]1(CO)O[C@@](F)(n2ccc(=O)[nH]c2=O)[C@H](O)[C@@H]1O. The van der Waals surface area contributed by atoms with E-state index in [2.05, 4.69) is 14.8 Å². The van der Waals surface area contributed by atoms with E-state index >= 15 is 0 Å². The molecule has 0 saturated carbocycles. The highest BCUT2D eigenvalue weighted by molar-refractivity contribution is 5.04. The van der Waals surface area contributed by atoms with E-state index in [0.29, 0.717) is 6.20 Å². The molecule has 2 rings (SSSR count). The van der Waals surface area contributed by atoms with Gasteiger partial charge in [-0.3, -0.25) is 9.78 Å². The topological polar surface area (TPSA) is 174 Å². The largest absolute Gasteiger partial charge is 0.393 e. The lowest BCUT2D eigenvalue weighted by molar-refractivity contribution is -0.263. The fourth-order valence-electron chi connectivity index (χ4n) is 1.97. The van der Waals surface area contributed by atoms with Gasteiger partial charge in [-0.15, -0.1) is 0 Å². The Morgan fingerprint density at radius 2 is 2.19 bits per heavy atom. The van der Waals surface area contributed by atoms with Gasteiger partial charge in [0.1, 0.15) is 6.10 Å². The molecule has 0 radical (unpaired) electrons. The Kier molecular flexibility index (Phi) is 3.57. The molecule has 1 saturated heterocycles. The maximum atomic E-state index is 14.8. The number of aliphatic hydroxyl groups is 3. The minimum Gasteiger partial charge on any atom is -0.393 e. The zero-order valence-corrected chi connectivity index (χ0v) is 10.2. The minimum atomic E-state index is -3.35. The van der Waals surface area contributed by atoms with E-state index in [9.17, 15) is 24.2 Å². The molecule has 4 N–H and O–H groups in total. The highest BCUT2D eigenvalue weighted by atomic mass is 19.2. The van der Waals surface area contributed by atoms with Crippen LogP contribution in [0.15, 0.2) is 27.0 Å². The third-order valence-corrected chi connectivity index (χ3v) is 3.04. The Morgan fingerprint density at radius 3 is 2.71 bits per heavy atom. The van der Waals surface area contributed by atoms with Crippen LogP contribution in [0.25, 0.3) is 10.4 Å². The van der Waals surface area contributed by atoms with E-state index < -0.39 is 41.8 Å². The highest BCUT2D eigenvalue weighted by Crippen LogP contribution is 2.42. The molecule has 1 aromatic rings. The summed E-state index contributed by atoms with van der Waals surface area (Å²) in [5.74, 6) is -3.35. The number of H-pyrrole nitrogens is 1. The number of nitrogens with zero attached hydrogens (tertiary/aromatic N) is 4. The van der Waals surface area contributed by atoms with Gasteiger partial charge >= 0.3 is 11.7 Å². The van der Waals surface area contributed by atoms with Gasteiger partial charge in [-0.25, -0.2) is 9.36 Å². The standard InChI is InChI=1S/C9H10FN5O6/c10-9(15-2-1-4(17)12-7(15)20)6(19)5(18)8(3-16,21-9)13-14-11/h1-2,5-6,16,18-19H,3H2,(H,12,17,20)/t5-,6+,8+,9-/m0/s1. The summed E-state index contributed by atoms with van der Waals surface area (Å²) < 4.78 is 19.6. The van der Waals surface area contributed by atoms with Gasteiger partial charge in [0.2, 0.25) is 5.72 Å². The van der Waals surface area contributed by atoms with Crippen molar-refractivity contribution < 1.29 is 24.4 Å². The number of nitrogens with one attached hydrogen (secondary N) is 1. The van der Waals surface area contributed by atoms with E-state index in [0.717, 1.165) is 6.07 Å². The lowest BCUT2D eigenvalue weighted by Crippen LogP contribution is -2.48. The summed E-state index contributed by atoms with van der Waals surface area (Å²) in [7, 11) is 0. The van der Waals surface area contributed by atoms with Crippen LogP contribution in [-0.4, -0.2) is 49.4 Å². The van der Waals surface area contributed by atoms with Gasteiger partial charge in [-0.1, -0.05) is 5.11 Å². The van der Waals surface area contributed by atoms with Crippen LogP contribution >= 0.6 is 0 Å². The summed E-state index contributed by atoms with van der Waals surface area (Å²) in [4.78, 5) is 26.5. The maximum Gasteiger partial charge on any atom is 0.332 e. The first-order valence-corrected chi connectivity index (χ1v) is 5.55. The highest BCUT2D eigenvalue weighted by Gasteiger charge is 2.64. The molecule has 11 nitrogen and oxygen atoms in total. The lowest BCUT2D eigenvalue weighted by Gasteiger charge is -2.26. The molecule has 0 aliphatic carbocycles. The number of aromatic amines is 1. The van der Waals surface area contributed by atoms with Crippen molar-refractivity contribution in [1.29, 1.82) is 0 Å². The van der Waals surface area contributed by atoms with Crippen LogP contribution in [0, 0.1) is 0 Å². The second-order valence-corrected chi connectivity index (χ2v) is 4.27. The number of hydrogen-bond acceptors (Lipinski definition) is 7. The van der Waals surface area contributed by atoms with Crippen LogP contribution < -0.4 is 11.2 Å². The Labute approximate surface area is 114 Å². The zero-order chi connectivity index (χ0) is 15.8. The molecule has 0 unspecified atom stereocenters. The Balaban J connectivity index is 2.60. The smallest absolute Gasteiger partial charge is 0.332 e. The monoisotopic (exact) mass is 303 g/mol. The number of aliphatic hydroxyl groups excluding tert-OH is 3. The fourth-order valence-corrected chi connectivity index (χ4v) is 1.97. The van der Waals surface area contributed by atoms with Gasteiger partial charge in [-0.2, -0.15) is 4.39 Å². The molecule has 0 amide bonds. The van der Waals surface area contributed by atoms with E-state index in [1.165, 1.54) is 0 Å². The van der Waals surface area contributed by atoms with Crippen molar-refractivity contribution in [3.05, 3.63) is 43.5 Å². The number of azide groups is 1. The third kappa shape index (κ3) is 2.11. The van der Waals surface area contributed by atoms with Crippen LogP contribution in [0.3, 0.4) is 0 Å². The van der Waals surface area contributed by atoms with E-state index in [4.69, 9.17) is 10.6 Å². The van der Waals surface area contributed by atoms with Gasteiger partial charge in [0, 0.05) is 17.2 Å². The predicted molar refractivity (Wildman–Crippen MR) is 62.5 cm³/mol.